The summed E-state index contributed by atoms with van der Waals surface area (Å²) in [6.45, 7) is 9.94. The molecule has 0 aliphatic carbocycles. The monoisotopic (exact) mass is 392 g/mol. The molecule has 2 rings (SSSR count). The van der Waals surface area contributed by atoms with Crippen LogP contribution in [0.1, 0.15) is 27.7 Å². The van der Waals surface area contributed by atoms with Crippen molar-refractivity contribution >= 4 is 23.5 Å². The zero-order valence-electron chi connectivity index (χ0n) is 16.5. The van der Waals surface area contributed by atoms with E-state index in [0.717, 1.165) is 0 Å². The Morgan fingerprint density at radius 1 is 1.43 bits per heavy atom. The van der Waals surface area contributed by atoms with E-state index in [-0.39, 0.29) is 18.8 Å². The Hall–Kier alpha value is -2.90. The molecule has 0 saturated heterocycles. The second-order valence-electron chi connectivity index (χ2n) is 6.97. The smallest absolute Gasteiger partial charge is 0.321 e. The number of esters is 1. The lowest BCUT2D eigenvalue weighted by molar-refractivity contribution is -0.159. The second kappa shape index (κ2) is 8.41. The molecule has 0 fully saturated rings. The summed E-state index contributed by atoms with van der Waals surface area (Å²) in [5.74, 6) is -2.08. The topological polar surface area (TPSA) is 84.9 Å². The van der Waals surface area contributed by atoms with Crippen molar-refractivity contribution in [2.45, 2.75) is 39.8 Å². The van der Waals surface area contributed by atoms with Crippen LogP contribution in [0.2, 0.25) is 0 Å². The molecule has 0 saturated carbocycles. The molecule has 1 aromatic rings. The molecule has 0 radical (unpaired) electrons. The summed E-state index contributed by atoms with van der Waals surface area (Å²) in [7, 11) is 0. The van der Waals surface area contributed by atoms with Gasteiger partial charge in [-0.3, -0.25) is 14.4 Å². The van der Waals surface area contributed by atoms with E-state index in [2.05, 4.69) is 11.9 Å². The molecule has 1 heterocycles. The lowest BCUT2D eigenvalue weighted by Crippen LogP contribution is -2.57. The standard InChI is InChI=1S/C20H25FN2O5/c1-6-10-23-14-11-13(21)8-9-15(14)28-12(3)16(17(23)24)22-18(25)20(4,5)19(26)27-7-2/h6,8-9,11-12,16H,1,7,10H2,2-5H3,(H,22,25)/t12-,16+/m1/s1. The summed E-state index contributed by atoms with van der Waals surface area (Å²) in [6, 6.07) is 2.76. The van der Waals surface area contributed by atoms with Crippen LogP contribution in [-0.4, -0.2) is 43.1 Å². The lowest BCUT2D eigenvalue weighted by atomic mass is 9.91. The molecule has 28 heavy (non-hydrogen) atoms. The zero-order chi connectivity index (χ0) is 21.1. The number of halogens is 1. The van der Waals surface area contributed by atoms with Crippen LogP contribution in [0.25, 0.3) is 0 Å². The van der Waals surface area contributed by atoms with Crippen molar-refractivity contribution in [2.24, 2.45) is 5.41 Å². The van der Waals surface area contributed by atoms with Gasteiger partial charge in [-0.15, -0.1) is 6.58 Å². The van der Waals surface area contributed by atoms with Crippen molar-refractivity contribution in [1.29, 1.82) is 0 Å². The van der Waals surface area contributed by atoms with Crippen molar-refractivity contribution in [2.75, 3.05) is 18.1 Å². The number of rotatable bonds is 6. The van der Waals surface area contributed by atoms with Crippen molar-refractivity contribution in [3.63, 3.8) is 0 Å². The normalized spacial score (nSPS) is 19.2. The number of benzene rings is 1. The van der Waals surface area contributed by atoms with Gasteiger partial charge in [-0.2, -0.15) is 0 Å². The summed E-state index contributed by atoms with van der Waals surface area (Å²) in [5.41, 5.74) is -1.25. The first-order chi connectivity index (χ1) is 13.1. The third-order valence-electron chi connectivity index (χ3n) is 4.48. The predicted octanol–water partition coefficient (Wildman–Crippen LogP) is 2.20. The highest BCUT2D eigenvalue weighted by Gasteiger charge is 2.43. The largest absolute Gasteiger partial charge is 0.486 e. The number of ether oxygens (including phenoxy) is 2. The van der Waals surface area contributed by atoms with E-state index in [0.29, 0.717) is 5.75 Å². The van der Waals surface area contributed by atoms with E-state index in [4.69, 9.17) is 9.47 Å². The minimum absolute atomic E-state index is 0.0962. The SMILES string of the molecule is C=CCN1C(=O)[C@@H](NC(=O)C(C)(C)C(=O)OCC)[C@@H](C)Oc2ccc(F)cc21. The van der Waals surface area contributed by atoms with Gasteiger partial charge in [-0.05, 0) is 39.8 Å². The molecular weight excluding hydrogens is 367 g/mol. The van der Waals surface area contributed by atoms with Crippen LogP contribution in [0.4, 0.5) is 10.1 Å². The van der Waals surface area contributed by atoms with Crippen molar-refractivity contribution in [3.05, 3.63) is 36.7 Å². The average Bonchev–Trinajstić information content (AvgIpc) is 2.72. The van der Waals surface area contributed by atoms with Gasteiger partial charge in [0, 0.05) is 12.6 Å². The first kappa shape index (κ1) is 21.4. The number of anilines is 1. The van der Waals surface area contributed by atoms with Crippen LogP contribution < -0.4 is 15.0 Å². The predicted molar refractivity (Wildman–Crippen MR) is 101 cm³/mol. The lowest BCUT2D eigenvalue weighted by Gasteiger charge is -2.29. The molecule has 1 N–H and O–H groups in total. The molecule has 8 heteroatoms. The van der Waals surface area contributed by atoms with Crippen molar-refractivity contribution in [1.82, 2.24) is 5.32 Å². The summed E-state index contributed by atoms with van der Waals surface area (Å²) in [5, 5.41) is 2.59. The number of fused-ring (bicyclic) bond motifs is 1. The third-order valence-corrected chi connectivity index (χ3v) is 4.48. The highest BCUT2D eigenvalue weighted by atomic mass is 19.1. The maximum Gasteiger partial charge on any atom is 0.321 e. The molecule has 152 valence electrons. The van der Waals surface area contributed by atoms with Crippen LogP contribution in [0, 0.1) is 11.2 Å². The van der Waals surface area contributed by atoms with Gasteiger partial charge in [0.15, 0.2) is 0 Å². The summed E-state index contributed by atoms with van der Waals surface area (Å²) >= 11 is 0. The van der Waals surface area contributed by atoms with Crippen LogP contribution in [-0.2, 0) is 19.1 Å². The van der Waals surface area contributed by atoms with E-state index in [1.807, 2.05) is 0 Å². The minimum atomic E-state index is -1.50. The molecule has 0 bridgehead atoms. The Morgan fingerprint density at radius 3 is 2.71 bits per heavy atom. The summed E-state index contributed by atoms with van der Waals surface area (Å²) in [6.07, 6.45) is 0.734. The van der Waals surface area contributed by atoms with Gasteiger partial charge >= 0.3 is 5.97 Å². The quantitative estimate of drug-likeness (QED) is 0.456. The Labute approximate surface area is 163 Å². The Kier molecular flexibility index (Phi) is 6.43. The van der Waals surface area contributed by atoms with E-state index < -0.39 is 41.2 Å². The van der Waals surface area contributed by atoms with Gasteiger partial charge in [0.2, 0.25) is 5.91 Å². The molecule has 2 amide bonds. The first-order valence-electron chi connectivity index (χ1n) is 9.00. The molecule has 1 aliphatic rings. The van der Waals surface area contributed by atoms with Crippen LogP contribution in [0.3, 0.4) is 0 Å². The maximum atomic E-state index is 13.7. The van der Waals surface area contributed by atoms with E-state index in [9.17, 15) is 18.8 Å². The fraction of sp³-hybridized carbons (Fsp3) is 0.450. The minimum Gasteiger partial charge on any atom is -0.486 e. The second-order valence-corrected chi connectivity index (χ2v) is 6.97. The number of nitrogens with one attached hydrogen (secondary N) is 1. The number of amides is 2. The van der Waals surface area contributed by atoms with Crippen LogP contribution in [0.15, 0.2) is 30.9 Å². The zero-order valence-corrected chi connectivity index (χ0v) is 16.5. The number of nitrogens with zero attached hydrogens (tertiary/aromatic N) is 1. The number of carbonyl (C=O) groups is 3. The molecule has 1 aliphatic heterocycles. The fourth-order valence-corrected chi connectivity index (χ4v) is 2.78. The Bertz CT molecular complexity index is 793. The molecule has 7 nitrogen and oxygen atoms in total. The van der Waals surface area contributed by atoms with Gasteiger partial charge in [0.25, 0.3) is 5.91 Å². The van der Waals surface area contributed by atoms with Gasteiger partial charge in [0.05, 0.1) is 12.3 Å². The highest BCUT2D eigenvalue weighted by Crippen LogP contribution is 2.34. The van der Waals surface area contributed by atoms with Crippen molar-refractivity contribution < 1.29 is 28.2 Å². The molecular formula is C20H25FN2O5. The molecule has 1 aromatic carbocycles. The van der Waals surface area contributed by atoms with Gasteiger partial charge in [0.1, 0.15) is 29.1 Å². The number of carbonyl (C=O) groups excluding carboxylic acids is 3. The summed E-state index contributed by atoms with van der Waals surface area (Å²) in [4.78, 5) is 39.2. The first-order valence-corrected chi connectivity index (χ1v) is 9.00. The highest BCUT2D eigenvalue weighted by molar-refractivity contribution is 6.06. The Balaban J connectivity index is 2.35. The van der Waals surface area contributed by atoms with E-state index in [1.54, 1.807) is 13.8 Å². The third kappa shape index (κ3) is 4.16. The fourth-order valence-electron chi connectivity index (χ4n) is 2.78. The Morgan fingerprint density at radius 2 is 2.11 bits per heavy atom. The number of hydrogen-bond donors (Lipinski definition) is 1. The van der Waals surface area contributed by atoms with Gasteiger partial charge in [-0.25, -0.2) is 4.39 Å². The van der Waals surface area contributed by atoms with Crippen LogP contribution >= 0.6 is 0 Å². The van der Waals surface area contributed by atoms with Gasteiger partial charge < -0.3 is 19.7 Å². The van der Waals surface area contributed by atoms with E-state index >= 15 is 0 Å². The van der Waals surface area contributed by atoms with Gasteiger partial charge in [-0.1, -0.05) is 6.08 Å². The summed E-state index contributed by atoms with van der Waals surface area (Å²) < 4.78 is 24.5. The van der Waals surface area contributed by atoms with E-state index in [1.165, 1.54) is 43.0 Å². The average molecular weight is 392 g/mol. The molecule has 0 aromatic heterocycles. The molecule has 0 unspecified atom stereocenters. The molecule has 2 atom stereocenters. The van der Waals surface area contributed by atoms with Crippen molar-refractivity contribution in [3.8, 4) is 5.75 Å². The van der Waals surface area contributed by atoms with Crippen LogP contribution in [0.5, 0.6) is 5.75 Å². The molecule has 0 spiro atoms. The maximum absolute atomic E-state index is 13.7. The number of hydrogen-bond acceptors (Lipinski definition) is 5.